The predicted molar refractivity (Wildman–Crippen MR) is 82.2 cm³/mol. The molecule has 3 nitrogen and oxygen atoms in total. The van der Waals surface area contributed by atoms with Crippen LogP contribution in [0.4, 0.5) is 0 Å². The molecule has 0 bridgehead atoms. The molecular formula is C16H25NO2S. The van der Waals surface area contributed by atoms with Gasteiger partial charge < -0.3 is 0 Å². The van der Waals surface area contributed by atoms with E-state index < -0.39 is 10.0 Å². The van der Waals surface area contributed by atoms with Gasteiger partial charge in [0.05, 0.1) is 4.90 Å². The summed E-state index contributed by atoms with van der Waals surface area (Å²) in [5.41, 5.74) is 0.387. The summed E-state index contributed by atoms with van der Waals surface area (Å²) in [7, 11) is -3.46. The molecule has 20 heavy (non-hydrogen) atoms. The number of nitrogens with zero attached hydrogens (tertiary/aromatic N) is 1. The minimum absolute atomic E-state index is 0.342. The standard InChI is InChI=1S/C16H25NO2S/c1-13-7-9-14(10-8-13)20(18,19)17-15(2,3)11-6-12-16(17,4)5/h7-10H,6,11-12H2,1-5H3. The maximum absolute atomic E-state index is 13.1. The molecule has 0 spiro atoms. The summed E-state index contributed by atoms with van der Waals surface area (Å²) < 4.78 is 27.8. The molecule has 1 aliphatic heterocycles. The lowest BCUT2D eigenvalue weighted by atomic mass is 9.83. The third kappa shape index (κ3) is 2.63. The van der Waals surface area contributed by atoms with Crippen molar-refractivity contribution in [1.29, 1.82) is 0 Å². The van der Waals surface area contributed by atoms with E-state index in [2.05, 4.69) is 0 Å². The van der Waals surface area contributed by atoms with E-state index in [9.17, 15) is 8.42 Å². The van der Waals surface area contributed by atoms with Crippen molar-refractivity contribution in [1.82, 2.24) is 4.31 Å². The van der Waals surface area contributed by atoms with Gasteiger partial charge in [-0.15, -0.1) is 0 Å². The van der Waals surface area contributed by atoms with Crippen molar-refractivity contribution in [2.45, 2.75) is 69.9 Å². The van der Waals surface area contributed by atoms with Crippen LogP contribution in [0.2, 0.25) is 0 Å². The summed E-state index contributed by atoms with van der Waals surface area (Å²) >= 11 is 0. The van der Waals surface area contributed by atoms with Crippen LogP contribution >= 0.6 is 0 Å². The molecule has 1 fully saturated rings. The highest BCUT2D eigenvalue weighted by molar-refractivity contribution is 7.89. The number of piperidine rings is 1. The molecule has 1 saturated heterocycles. The van der Waals surface area contributed by atoms with Gasteiger partial charge in [0.1, 0.15) is 0 Å². The lowest BCUT2D eigenvalue weighted by Gasteiger charge is -2.51. The Balaban J connectivity index is 2.53. The Kier molecular flexibility index (Phi) is 3.76. The first kappa shape index (κ1) is 15.5. The van der Waals surface area contributed by atoms with Crippen molar-refractivity contribution in [3.05, 3.63) is 29.8 Å². The topological polar surface area (TPSA) is 37.4 Å². The maximum Gasteiger partial charge on any atom is 0.244 e. The molecule has 0 atom stereocenters. The van der Waals surface area contributed by atoms with Gasteiger partial charge in [0.25, 0.3) is 0 Å². The van der Waals surface area contributed by atoms with Crippen LogP contribution in [0.25, 0.3) is 0 Å². The fourth-order valence-corrected chi connectivity index (χ4v) is 5.62. The molecule has 112 valence electrons. The van der Waals surface area contributed by atoms with Gasteiger partial charge in [0, 0.05) is 11.1 Å². The van der Waals surface area contributed by atoms with Crippen LogP contribution in [0, 0.1) is 6.92 Å². The second-order valence-electron chi connectivity index (χ2n) is 7.06. The number of benzene rings is 1. The average molecular weight is 295 g/mol. The first-order valence-corrected chi connectivity index (χ1v) is 8.64. The fraction of sp³-hybridized carbons (Fsp3) is 0.625. The number of hydrogen-bond acceptors (Lipinski definition) is 2. The summed E-state index contributed by atoms with van der Waals surface area (Å²) in [4.78, 5) is 0.395. The molecule has 0 amide bonds. The summed E-state index contributed by atoms with van der Waals surface area (Å²) in [6.45, 7) is 10.1. The summed E-state index contributed by atoms with van der Waals surface area (Å²) in [6.07, 6.45) is 2.88. The Hall–Kier alpha value is -0.870. The van der Waals surface area contributed by atoms with E-state index in [1.165, 1.54) is 0 Å². The van der Waals surface area contributed by atoms with Crippen molar-refractivity contribution in [3.8, 4) is 0 Å². The van der Waals surface area contributed by atoms with E-state index in [0.29, 0.717) is 4.90 Å². The fourth-order valence-electron chi connectivity index (χ4n) is 3.44. The molecule has 0 aliphatic carbocycles. The molecule has 0 aromatic heterocycles. The van der Waals surface area contributed by atoms with Gasteiger partial charge in [-0.05, 0) is 66.0 Å². The monoisotopic (exact) mass is 295 g/mol. The predicted octanol–water partition coefficient (Wildman–Crippen LogP) is 3.73. The molecule has 1 heterocycles. The Morgan fingerprint density at radius 2 is 1.40 bits per heavy atom. The molecule has 1 aromatic carbocycles. The van der Waals surface area contributed by atoms with Gasteiger partial charge in [-0.25, -0.2) is 8.42 Å². The van der Waals surface area contributed by atoms with Crippen molar-refractivity contribution in [3.63, 3.8) is 0 Å². The van der Waals surface area contributed by atoms with E-state index in [0.717, 1.165) is 24.8 Å². The number of hydrogen-bond donors (Lipinski definition) is 0. The second-order valence-corrected chi connectivity index (χ2v) is 8.85. The van der Waals surface area contributed by atoms with Crippen LogP contribution in [0.3, 0.4) is 0 Å². The normalized spacial score (nSPS) is 22.6. The maximum atomic E-state index is 13.1. The first-order valence-electron chi connectivity index (χ1n) is 7.20. The largest absolute Gasteiger partial charge is 0.244 e. The smallest absolute Gasteiger partial charge is 0.207 e. The Labute approximate surface area is 123 Å². The molecule has 1 aromatic rings. The molecule has 1 aliphatic rings. The molecule has 2 rings (SSSR count). The van der Waals surface area contributed by atoms with E-state index in [1.54, 1.807) is 16.4 Å². The van der Waals surface area contributed by atoms with Gasteiger partial charge in [-0.3, -0.25) is 0 Å². The van der Waals surface area contributed by atoms with Crippen molar-refractivity contribution in [2.75, 3.05) is 0 Å². The lowest BCUT2D eigenvalue weighted by molar-refractivity contribution is 0.0558. The minimum atomic E-state index is -3.46. The van der Waals surface area contributed by atoms with Crippen LogP contribution in [-0.4, -0.2) is 23.8 Å². The summed E-state index contributed by atoms with van der Waals surface area (Å²) in [5.74, 6) is 0. The molecule has 0 radical (unpaired) electrons. The quantitative estimate of drug-likeness (QED) is 0.833. The molecule has 0 N–H and O–H groups in total. The van der Waals surface area contributed by atoms with E-state index >= 15 is 0 Å². The molecule has 0 saturated carbocycles. The number of rotatable bonds is 2. The van der Waals surface area contributed by atoms with E-state index in [-0.39, 0.29) is 11.1 Å². The molecule has 0 unspecified atom stereocenters. The van der Waals surface area contributed by atoms with Gasteiger partial charge in [0.15, 0.2) is 0 Å². The highest BCUT2D eigenvalue weighted by Crippen LogP contribution is 2.42. The Bertz CT molecular complexity index is 569. The highest BCUT2D eigenvalue weighted by atomic mass is 32.2. The third-order valence-corrected chi connectivity index (χ3v) is 6.57. The second kappa shape index (κ2) is 4.85. The average Bonchev–Trinajstić information content (AvgIpc) is 2.26. The van der Waals surface area contributed by atoms with Crippen molar-refractivity contribution in [2.24, 2.45) is 0 Å². The summed E-state index contributed by atoms with van der Waals surface area (Å²) in [5, 5.41) is 0. The van der Waals surface area contributed by atoms with Crippen LogP contribution in [0.15, 0.2) is 29.2 Å². The zero-order chi connectivity index (χ0) is 15.2. The highest BCUT2D eigenvalue weighted by Gasteiger charge is 2.48. The zero-order valence-corrected chi connectivity index (χ0v) is 13.9. The van der Waals surface area contributed by atoms with Gasteiger partial charge in [-0.2, -0.15) is 4.31 Å². The van der Waals surface area contributed by atoms with E-state index in [4.69, 9.17) is 0 Å². The molecule has 4 heteroatoms. The number of aryl methyl sites for hydroxylation is 1. The SMILES string of the molecule is Cc1ccc(S(=O)(=O)N2C(C)(C)CCCC2(C)C)cc1. The van der Waals surface area contributed by atoms with Gasteiger partial charge in [0.2, 0.25) is 10.0 Å². The van der Waals surface area contributed by atoms with Crippen molar-refractivity contribution < 1.29 is 8.42 Å². The van der Waals surface area contributed by atoms with Crippen LogP contribution < -0.4 is 0 Å². The van der Waals surface area contributed by atoms with E-state index in [1.807, 2.05) is 46.8 Å². The van der Waals surface area contributed by atoms with Crippen LogP contribution in [-0.2, 0) is 10.0 Å². The lowest BCUT2D eigenvalue weighted by Crippen LogP contribution is -2.60. The van der Waals surface area contributed by atoms with Gasteiger partial charge in [-0.1, -0.05) is 17.7 Å². The van der Waals surface area contributed by atoms with Gasteiger partial charge >= 0.3 is 0 Å². The Morgan fingerprint density at radius 3 is 1.85 bits per heavy atom. The molecular weight excluding hydrogens is 270 g/mol. The van der Waals surface area contributed by atoms with Crippen molar-refractivity contribution >= 4 is 10.0 Å². The zero-order valence-electron chi connectivity index (χ0n) is 13.1. The Morgan fingerprint density at radius 1 is 0.950 bits per heavy atom. The number of sulfonamides is 1. The first-order chi connectivity index (χ1) is 9.07. The van der Waals surface area contributed by atoms with Crippen LogP contribution in [0.5, 0.6) is 0 Å². The van der Waals surface area contributed by atoms with Crippen LogP contribution in [0.1, 0.15) is 52.5 Å². The minimum Gasteiger partial charge on any atom is -0.207 e. The third-order valence-electron chi connectivity index (χ3n) is 4.24. The summed E-state index contributed by atoms with van der Waals surface area (Å²) in [6, 6.07) is 7.14.